The molecule has 243 valence electrons. The van der Waals surface area contributed by atoms with Gasteiger partial charge in [-0.05, 0) is 47.7 Å². The quantitative estimate of drug-likeness (QED) is 0.128. The van der Waals surface area contributed by atoms with E-state index in [4.69, 9.17) is 9.40 Å². The average Bonchev–Trinajstić information content (AvgIpc) is 3.51. The smallest absolute Gasteiger partial charge is 0.121 e. The van der Waals surface area contributed by atoms with Gasteiger partial charge in [0.2, 0.25) is 0 Å². The number of furan rings is 1. The van der Waals surface area contributed by atoms with Crippen molar-refractivity contribution in [1.82, 2.24) is 9.97 Å². The minimum Gasteiger partial charge on any atom is -0.501 e. The van der Waals surface area contributed by atoms with Gasteiger partial charge < -0.3 is 9.40 Å². The summed E-state index contributed by atoms with van der Waals surface area (Å²) in [6.45, 7) is 0. The van der Waals surface area contributed by atoms with Crippen LogP contribution in [0.3, 0.4) is 0 Å². The predicted molar refractivity (Wildman–Crippen MR) is 199 cm³/mol. The first-order valence-corrected chi connectivity index (χ1v) is 24.1. The summed E-state index contributed by atoms with van der Waals surface area (Å²) in [5.41, 5.74) is 9.51. The molecule has 1 saturated carbocycles. The zero-order valence-corrected chi connectivity index (χ0v) is 32.3. The predicted octanol–water partition coefficient (Wildman–Crippen LogP) is 11.3. The van der Waals surface area contributed by atoms with Crippen LogP contribution in [-0.4, -0.2) is 23.2 Å². The summed E-state index contributed by atoms with van der Waals surface area (Å²) in [7, 11) is 0. The molecule has 0 saturated heterocycles. The molecule has 0 amide bonds. The Labute approximate surface area is 300 Å². The molecular formula is C43H40GeIrN2O-2. The maximum absolute atomic E-state index is 6.41. The molecule has 0 bridgehead atoms. The molecule has 7 aromatic rings. The average molecular weight is 866 g/mol. The largest absolute Gasteiger partial charge is 0.501 e. The Hall–Kier alpha value is -3.83. The van der Waals surface area contributed by atoms with Crippen LogP contribution in [0.4, 0.5) is 0 Å². The second-order valence-corrected chi connectivity index (χ2v) is 24.2. The van der Waals surface area contributed by atoms with Gasteiger partial charge in [-0.1, -0.05) is 84.3 Å². The van der Waals surface area contributed by atoms with E-state index in [2.05, 4.69) is 107 Å². The number of fused-ring (bicyclic) bond motifs is 3. The molecule has 4 aromatic carbocycles. The van der Waals surface area contributed by atoms with Gasteiger partial charge in [-0.15, -0.1) is 18.2 Å². The molecular weight excluding hydrogens is 825 g/mol. The van der Waals surface area contributed by atoms with E-state index in [1.807, 2.05) is 48.8 Å². The molecule has 3 aromatic heterocycles. The standard InChI is InChI=1S/C29H24NO.C14H16GeN.Ir/c1-3-8-20(9-4-1)22-14-15-24-25-12-7-13-26(29(25)31-28(24)19-22)27-18-23(16-17-30-27)21-10-5-2-6-11-21;1-15(2,3)13-9-10-14(16-11-13)12-7-5-4-6-8-12;/h1,3-4,7-9,12,14-19,21H,2,5-6,10-11H2;4-7,9-11H,1-3H3;/q2*-1;. The van der Waals surface area contributed by atoms with Crippen molar-refractivity contribution in [2.45, 2.75) is 55.3 Å². The molecule has 0 aliphatic heterocycles. The first-order chi connectivity index (χ1) is 22.9. The van der Waals surface area contributed by atoms with E-state index in [-0.39, 0.29) is 20.1 Å². The molecule has 3 heterocycles. The van der Waals surface area contributed by atoms with Gasteiger partial charge >= 0.3 is 99.8 Å². The second-order valence-electron chi connectivity index (χ2n) is 13.5. The SMILES string of the molecule is [CH3][Ge]([CH3])([CH3])[c]1ccc(-c2[c-]cccc2)nc1.[Ir].[c-]1ccc2c(oc3cc(-c4ccccc4)ccc32)c1-c1cc(C2CCCCC2)ccn1. The van der Waals surface area contributed by atoms with Crippen molar-refractivity contribution >= 4 is 39.6 Å². The number of pyridine rings is 2. The van der Waals surface area contributed by atoms with Gasteiger partial charge in [-0.3, -0.25) is 0 Å². The molecule has 1 aliphatic rings. The van der Waals surface area contributed by atoms with E-state index < -0.39 is 13.3 Å². The van der Waals surface area contributed by atoms with E-state index in [9.17, 15) is 0 Å². The molecule has 0 spiro atoms. The summed E-state index contributed by atoms with van der Waals surface area (Å²) < 4.78 is 7.86. The Morgan fingerprint density at radius 1 is 0.688 bits per heavy atom. The fourth-order valence-electron chi connectivity index (χ4n) is 6.56. The van der Waals surface area contributed by atoms with Crippen LogP contribution < -0.4 is 4.40 Å². The first-order valence-electron chi connectivity index (χ1n) is 16.8. The molecule has 3 nitrogen and oxygen atoms in total. The number of hydrogen-bond donors (Lipinski definition) is 0. The summed E-state index contributed by atoms with van der Waals surface area (Å²) in [5, 5.41) is 2.25. The van der Waals surface area contributed by atoms with E-state index >= 15 is 0 Å². The van der Waals surface area contributed by atoms with Crippen molar-refractivity contribution < 1.29 is 24.5 Å². The third-order valence-electron chi connectivity index (χ3n) is 9.27. The summed E-state index contributed by atoms with van der Waals surface area (Å²) in [6, 6.07) is 44.3. The summed E-state index contributed by atoms with van der Waals surface area (Å²) in [5.74, 6) is 7.79. The van der Waals surface area contributed by atoms with Crippen molar-refractivity contribution in [3.8, 4) is 33.6 Å². The van der Waals surface area contributed by atoms with E-state index in [0.717, 1.165) is 50.0 Å². The molecule has 1 radical (unpaired) electrons. The zero-order valence-electron chi connectivity index (χ0n) is 27.8. The van der Waals surface area contributed by atoms with Crippen molar-refractivity contribution in [2.24, 2.45) is 0 Å². The molecule has 1 aliphatic carbocycles. The van der Waals surface area contributed by atoms with Crippen LogP contribution in [0.1, 0.15) is 43.6 Å². The topological polar surface area (TPSA) is 38.9 Å². The summed E-state index contributed by atoms with van der Waals surface area (Å²) in [6.07, 6.45) is 10.6. The van der Waals surface area contributed by atoms with Gasteiger partial charge in [0.05, 0.1) is 5.58 Å². The van der Waals surface area contributed by atoms with Crippen molar-refractivity contribution in [1.29, 1.82) is 0 Å². The molecule has 0 unspecified atom stereocenters. The maximum atomic E-state index is 6.41. The molecule has 5 heteroatoms. The third kappa shape index (κ3) is 7.57. The Morgan fingerprint density at radius 3 is 2.23 bits per heavy atom. The monoisotopic (exact) mass is 867 g/mol. The van der Waals surface area contributed by atoms with Crippen LogP contribution >= 0.6 is 0 Å². The Morgan fingerprint density at radius 2 is 1.50 bits per heavy atom. The fraction of sp³-hybridized carbons (Fsp3) is 0.209. The molecule has 1 fully saturated rings. The minimum absolute atomic E-state index is 0. The minimum atomic E-state index is -1.72. The fourth-order valence-corrected chi connectivity index (χ4v) is 8.74. The van der Waals surface area contributed by atoms with Crippen LogP contribution in [0.2, 0.25) is 17.3 Å². The van der Waals surface area contributed by atoms with Crippen molar-refractivity contribution in [2.75, 3.05) is 0 Å². The Kier molecular flexibility index (Phi) is 10.8. The maximum Gasteiger partial charge on any atom is 0.121 e. The van der Waals surface area contributed by atoms with Gasteiger partial charge in [-0.25, -0.2) is 0 Å². The van der Waals surface area contributed by atoms with Crippen molar-refractivity contribution in [3.63, 3.8) is 0 Å². The summed E-state index contributed by atoms with van der Waals surface area (Å²) in [4.78, 5) is 9.23. The molecule has 8 rings (SSSR count). The number of benzene rings is 4. The zero-order chi connectivity index (χ0) is 32.2. The van der Waals surface area contributed by atoms with E-state index in [1.54, 1.807) is 0 Å². The van der Waals surface area contributed by atoms with Gasteiger partial charge in [-0.2, -0.15) is 0 Å². The van der Waals surface area contributed by atoms with E-state index in [0.29, 0.717) is 5.92 Å². The van der Waals surface area contributed by atoms with Gasteiger partial charge in [0, 0.05) is 31.7 Å². The Bertz CT molecular complexity index is 2100. The van der Waals surface area contributed by atoms with Gasteiger partial charge in [0.15, 0.2) is 0 Å². The molecule has 0 atom stereocenters. The molecule has 48 heavy (non-hydrogen) atoms. The van der Waals surface area contributed by atoms with E-state index in [1.165, 1.54) is 47.6 Å². The van der Waals surface area contributed by atoms with Crippen LogP contribution in [0.5, 0.6) is 0 Å². The molecule has 0 N–H and O–H groups in total. The third-order valence-corrected chi connectivity index (χ3v) is 13.5. The number of aromatic nitrogens is 2. The second kappa shape index (κ2) is 15.2. The van der Waals surface area contributed by atoms with Crippen LogP contribution in [0, 0.1) is 12.1 Å². The van der Waals surface area contributed by atoms with Crippen molar-refractivity contribution in [3.05, 3.63) is 139 Å². The Balaban J connectivity index is 0.000000201. The number of rotatable bonds is 5. The summed E-state index contributed by atoms with van der Waals surface area (Å²) >= 11 is -1.72. The van der Waals surface area contributed by atoms with Crippen LogP contribution in [0.15, 0.2) is 126 Å². The van der Waals surface area contributed by atoms with Gasteiger partial charge in [0.1, 0.15) is 5.58 Å². The van der Waals surface area contributed by atoms with Crippen LogP contribution in [-0.2, 0) is 20.1 Å². The number of hydrogen-bond acceptors (Lipinski definition) is 3. The van der Waals surface area contributed by atoms with Gasteiger partial charge in [0.25, 0.3) is 0 Å². The normalized spacial score (nSPS) is 13.5. The number of nitrogens with zero attached hydrogens (tertiary/aromatic N) is 2. The van der Waals surface area contributed by atoms with Crippen LogP contribution in [0.25, 0.3) is 55.6 Å². The first kappa shape index (κ1) is 34.1.